The minimum absolute atomic E-state index is 0.139. The number of ether oxygens (including phenoxy) is 3. The van der Waals surface area contributed by atoms with Gasteiger partial charge in [0.25, 0.3) is 31.9 Å². The van der Waals surface area contributed by atoms with Crippen molar-refractivity contribution in [1.82, 2.24) is 29.6 Å². The number of amides is 3. The Morgan fingerprint density at radius 2 is 1.11 bits per heavy atom. The van der Waals surface area contributed by atoms with Gasteiger partial charge in [0, 0.05) is 52.0 Å². The van der Waals surface area contributed by atoms with Crippen molar-refractivity contribution in [3.05, 3.63) is 107 Å². The lowest BCUT2D eigenvalue weighted by Crippen LogP contribution is -2.45. The molecule has 3 N–H and O–H groups in total. The van der Waals surface area contributed by atoms with E-state index in [9.17, 15) is 40.0 Å². The number of carbonyl (C=O) groups is 3. The van der Waals surface area contributed by atoms with Gasteiger partial charge in [-0.05, 0) is 154 Å². The fraction of sp³-hybridized carbons (Fsp3) is 0.545. The normalized spacial score (nSPS) is 17.6. The molecule has 2 fully saturated rings. The molecule has 2 saturated heterocycles. The highest BCUT2D eigenvalue weighted by Gasteiger charge is 2.42. The van der Waals surface area contributed by atoms with E-state index in [4.69, 9.17) is 14.2 Å². The molecule has 16 nitrogen and oxygen atoms in total. The highest BCUT2D eigenvalue weighted by molar-refractivity contribution is 7.90. The van der Waals surface area contributed by atoms with Crippen LogP contribution in [0.15, 0.2) is 82.6 Å². The number of nitrogens with one attached hydrogen (secondary N) is 3. The van der Waals surface area contributed by atoms with Crippen molar-refractivity contribution in [2.45, 2.75) is 166 Å². The van der Waals surface area contributed by atoms with Crippen LogP contribution in [0.1, 0.15) is 161 Å². The lowest BCUT2D eigenvalue weighted by atomic mass is 9.91. The van der Waals surface area contributed by atoms with E-state index in [-0.39, 0.29) is 32.9 Å². The quantitative estimate of drug-likeness (QED) is 0.0705. The molecule has 0 spiro atoms. The van der Waals surface area contributed by atoms with Crippen LogP contribution in [0.5, 0.6) is 11.5 Å². The van der Waals surface area contributed by atoms with Crippen LogP contribution in [-0.4, -0.2) is 92.6 Å². The maximum Gasteiger partial charge on any atom is 0.410 e. The summed E-state index contributed by atoms with van der Waals surface area (Å²) in [5, 5.41) is 3.50. The smallest absolute Gasteiger partial charge is 0.410 e. The Kier molecular flexibility index (Phi) is 19.0. The summed E-state index contributed by atoms with van der Waals surface area (Å²) in [6, 6.07) is 17.2. The number of nitrogens with zero attached hydrogens (tertiary/aromatic N) is 3. The zero-order valence-corrected chi connectivity index (χ0v) is 47.3. The maximum absolute atomic E-state index is 14.5. The molecule has 2 aromatic heterocycles. The van der Waals surface area contributed by atoms with Gasteiger partial charge in [0.15, 0.2) is 0 Å². The first-order valence-electron chi connectivity index (χ1n) is 25.2. The number of rotatable bonds is 16. The van der Waals surface area contributed by atoms with E-state index in [2.05, 4.69) is 29.1 Å². The van der Waals surface area contributed by atoms with Crippen molar-refractivity contribution < 1.29 is 54.2 Å². The van der Waals surface area contributed by atoms with E-state index in [1.165, 1.54) is 60.7 Å². The van der Waals surface area contributed by atoms with Gasteiger partial charge in [-0.1, -0.05) is 53.7 Å². The SMILES string of the molecule is CC(C)(C)OC(=O)N1CC(CCCOc2cccc(S(=O)(=O)NC(=O)c3ccc(C(C)(C)C)nc3F)c2)CC1(C)C.CC1(C)CC(CCCOc2cccc(S(=O)(=O)NC(=O)c3ccc(C(C)(C)C)nc3F)c2)CN1. The Morgan fingerprint density at radius 1 is 0.667 bits per heavy atom. The molecule has 412 valence electrons. The molecule has 0 bridgehead atoms. The van der Waals surface area contributed by atoms with Gasteiger partial charge in [0.2, 0.25) is 11.9 Å². The number of benzene rings is 2. The predicted molar refractivity (Wildman–Crippen MR) is 283 cm³/mol. The monoisotopic (exact) mass is 1080 g/mol. The summed E-state index contributed by atoms with van der Waals surface area (Å²) in [7, 11) is -8.52. The molecule has 2 aliphatic rings. The van der Waals surface area contributed by atoms with Crippen LogP contribution in [0, 0.1) is 23.7 Å². The summed E-state index contributed by atoms with van der Waals surface area (Å²) in [6.07, 6.45) is 5.06. The topological polar surface area (TPSA) is 212 Å². The Morgan fingerprint density at radius 3 is 1.49 bits per heavy atom. The molecular formula is C55H76F2N6O10S2. The van der Waals surface area contributed by atoms with Crippen molar-refractivity contribution in [1.29, 1.82) is 0 Å². The molecule has 6 rings (SSSR count). The van der Waals surface area contributed by atoms with Gasteiger partial charge in [-0.15, -0.1) is 0 Å². The summed E-state index contributed by atoms with van der Waals surface area (Å²) >= 11 is 0. The number of likely N-dealkylation sites (tertiary alicyclic amines) is 1. The number of hydrogen-bond acceptors (Lipinski definition) is 13. The van der Waals surface area contributed by atoms with E-state index < -0.39 is 71.3 Å². The van der Waals surface area contributed by atoms with Crippen LogP contribution in [-0.2, 0) is 35.6 Å². The van der Waals surface area contributed by atoms with Crippen molar-refractivity contribution in [3.8, 4) is 11.5 Å². The summed E-state index contributed by atoms with van der Waals surface area (Å²) in [5.74, 6) is -2.64. The van der Waals surface area contributed by atoms with Gasteiger partial charge in [0.05, 0.1) is 34.1 Å². The number of hydrogen-bond donors (Lipinski definition) is 3. The predicted octanol–water partition coefficient (Wildman–Crippen LogP) is 10.0. The van der Waals surface area contributed by atoms with E-state index in [0.717, 1.165) is 38.6 Å². The number of sulfonamides is 2. The fourth-order valence-electron chi connectivity index (χ4n) is 8.81. The first-order chi connectivity index (χ1) is 34.5. The van der Waals surface area contributed by atoms with Crippen LogP contribution in [0.25, 0.3) is 0 Å². The summed E-state index contributed by atoms with van der Waals surface area (Å²) in [5.41, 5.74) is -1.54. The lowest BCUT2D eigenvalue weighted by molar-refractivity contribution is 0.0130. The average molecular weight is 1080 g/mol. The second-order valence-corrected chi connectivity index (χ2v) is 27.0. The number of halogens is 2. The van der Waals surface area contributed by atoms with Crippen LogP contribution in [0.4, 0.5) is 13.6 Å². The molecule has 75 heavy (non-hydrogen) atoms. The molecule has 0 radical (unpaired) electrons. The van der Waals surface area contributed by atoms with Crippen molar-refractivity contribution >= 4 is 38.0 Å². The van der Waals surface area contributed by atoms with E-state index in [1.807, 2.05) is 85.6 Å². The Balaban J connectivity index is 0.000000282. The van der Waals surface area contributed by atoms with Crippen molar-refractivity contribution in [2.24, 2.45) is 11.8 Å². The molecule has 20 heteroatoms. The molecule has 0 aliphatic carbocycles. The highest BCUT2D eigenvalue weighted by Crippen LogP contribution is 2.36. The van der Waals surface area contributed by atoms with Crippen LogP contribution in [0.2, 0.25) is 0 Å². The van der Waals surface area contributed by atoms with Gasteiger partial charge < -0.3 is 24.4 Å². The average Bonchev–Trinajstić information content (AvgIpc) is 3.81. The first kappa shape index (κ1) is 60.1. The minimum atomic E-state index is -4.29. The summed E-state index contributed by atoms with van der Waals surface area (Å²) < 4.78 is 101. The van der Waals surface area contributed by atoms with Crippen molar-refractivity contribution in [2.75, 3.05) is 26.3 Å². The Bertz CT molecular complexity index is 2910. The van der Waals surface area contributed by atoms with Crippen molar-refractivity contribution in [3.63, 3.8) is 0 Å². The molecule has 4 heterocycles. The molecule has 2 unspecified atom stereocenters. The minimum Gasteiger partial charge on any atom is -0.494 e. The summed E-state index contributed by atoms with van der Waals surface area (Å²) in [6.45, 7) is 27.5. The van der Waals surface area contributed by atoms with Gasteiger partial charge >= 0.3 is 6.09 Å². The molecule has 3 amide bonds. The van der Waals surface area contributed by atoms with E-state index in [1.54, 1.807) is 17.0 Å². The van der Waals surface area contributed by atoms with E-state index in [0.29, 0.717) is 55.0 Å². The first-order valence-corrected chi connectivity index (χ1v) is 28.2. The van der Waals surface area contributed by atoms with Crippen LogP contribution in [0.3, 0.4) is 0 Å². The standard InChI is InChI=1S/C30H42FN3O6S.C25H34FN3O4S/c1-28(2,3)24-15-14-23(25(31)32-24)26(35)33-41(37,38)22-13-9-12-21(17-22)39-16-10-11-20-18-30(7,8)34(19-20)27(36)40-29(4,5)6;1-24(2,3)21-12-11-20(22(26)28-21)23(30)29-34(31,32)19-10-6-9-18(14-19)33-13-7-8-17-15-25(4,5)27-16-17/h9,12-15,17,20H,10-11,16,18-19H2,1-8H3,(H,33,35);6,9-12,14,17,27H,7-8,13,15-16H2,1-5H3,(H,29,30). The zero-order valence-electron chi connectivity index (χ0n) is 45.7. The molecular weight excluding hydrogens is 1010 g/mol. The number of carbonyl (C=O) groups excluding carboxylic acids is 3. The molecule has 4 aromatic rings. The van der Waals surface area contributed by atoms with Gasteiger partial charge in [-0.2, -0.15) is 8.78 Å². The van der Waals surface area contributed by atoms with Gasteiger partial charge in [0.1, 0.15) is 17.1 Å². The van der Waals surface area contributed by atoms with Crippen LogP contribution < -0.4 is 24.2 Å². The van der Waals surface area contributed by atoms with Gasteiger partial charge in [-0.3, -0.25) is 9.59 Å². The third kappa shape index (κ3) is 17.4. The highest BCUT2D eigenvalue weighted by atomic mass is 32.2. The maximum atomic E-state index is 14.5. The largest absolute Gasteiger partial charge is 0.494 e. The molecule has 2 atom stereocenters. The zero-order chi connectivity index (χ0) is 56.0. The fourth-order valence-corrected chi connectivity index (χ4v) is 10.8. The van der Waals surface area contributed by atoms with Crippen LogP contribution >= 0.6 is 0 Å². The molecule has 0 saturated carbocycles. The van der Waals surface area contributed by atoms with Gasteiger partial charge in [-0.25, -0.2) is 41.0 Å². The molecule has 2 aliphatic heterocycles. The second kappa shape index (κ2) is 23.7. The Labute approximate surface area is 442 Å². The summed E-state index contributed by atoms with van der Waals surface area (Å²) in [4.78, 5) is 46.8. The molecule has 2 aromatic carbocycles. The second-order valence-electron chi connectivity index (χ2n) is 23.7. The number of pyridine rings is 2. The van der Waals surface area contributed by atoms with E-state index >= 15 is 0 Å². The third-order valence-electron chi connectivity index (χ3n) is 12.7. The number of aromatic nitrogens is 2. The lowest BCUT2D eigenvalue weighted by Gasteiger charge is -2.33. The Hall–Kier alpha value is -5.73. The third-order valence-corrected chi connectivity index (χ3v) is 15.4.